The molecule has 1 unspecified atom stereocenters. The maximum Gasteiger partial charge on any atom is 0.326 e. The van der Waals surface area contributed by atoms with Gasteiger partial charge in [0.25, 0.3) is 5.91 Å². The van der Waals surface area contributed by atoms with Crippen molar-refractivity contribution in [3.8, 4) is 23.0 Å². The molecule has 196 valence electrons. The Bertz CT molecular complexity index is 1240. The Morgan fingerprint density at radius 2 is 1.89 bits per heavy atom. The molecule has 1 amide bonds. The fourth-order valence-corrected chi connectivity index (χ4v) is 3.48. The number of guanidine groups is 1. The van der Waals surface area contributed by atoms with Crippen LogP contribution in [0.25, 0.3) is 6.08 Å². The third-order valence-electron chi connectivity index (χ3n) is 5.32. The number of ether oxygens (including phenoxy) is 4. The fraction of sp³-hybridized carbons (Fsp3) is 0.280. The molecule has 0 aliphatic carbocycles. The monoisotopic (exact) mass is 512 g/mol. The number of nitrogens with two attached hydrogens (primary N) is 2. The first-order valence-corrected chi connectivity index (χ1v) is 11.2. The number of methoxy groups -OCH3 is 2. The smallest absolute Gasteiger partial charge is 0.326 e. The van der Waals surface area contributed by atoms with Gasteiger partial charge in [0.15, 0.2) is 18.3 Å². The van der Waals surface area contributed by atoms with Crippen LogP contribution in [0.5, 0.6) is 23.0 Å². The molecule has 1 aliphatic rings. The third kappa shape index (κ3) is 7.13. The van der Waals surface area contributed by atoms with Crippen molar-refractivity contribution in [3.05, 3.63) is 53.3 Å². The van der Waals surface area contributed by atoms with E-state index in [0.717, 1.165) is 0 Å². The average Bonchev–Trinajstić information content (AvgIpc) is 3.18. The number of carboxylic acid groups (broad SMARTS) is 1. The molecule has 6 N–H and O–H groups in total. The lowest BCUT2D eigenvalue weighted by atomic mass is 10.1. The first-order valence-electron chi connectivity index (χ1n) is 11.2. The van der Waals surface area contributed by atoms with Gasteiger partial charge in [0, 0.05) is 24.2 Å². The number of hydrogen-bond donors (Lipinski definition) is 4. The van der Waals surface area contributed by atoms with Crippen LogP contribution in [0.4, 0.5) is 0 Å². The van der Waals surface area contributed by atoms with Crippen molar-refractivity contribution in [1.82, 2.24) is 5.32 Å². The highest BCUT2D eigenvalue weighted by atomic mass is 16.5. The number of amides is 1. The van der Waals surface area contributed by atoms with Crippen molar-refractivity contribution in [2.24, 2.45) is 16.5 Å². The van der Waals surface area contributed by atoms with Crippen LogP contribution in [0, 0.1) is 0 Å². The summed E-state index contributed by atoms with van der Waals surface area (Å²) in [5.74, 6) is -0.478. The number of nitrogens with zero attached hydrogens (tertiary/aromatic N) is 1. The van der Waals surface area contributed by atoms with E-state index in [-0.39, 0.29) is 42.0 Å². The van der Waals surface area contributed by atoms with Gasteiger partial charge >= 0.3 is 5.97 Å². The molecule has 0 aromatic heterocycles. The lowest BCUT2D eigenvalue weighted by Gasteiger charge is -2.14. The van der Waals surface area contributed by atoms with Crippen LogP contribution in [-0.2, 0) is 9.59 Å². The maximum atomic E-state index is 12.8. The van der Waals surface area contributed by atoms with Crippen LogP contribution < -0.4 is 35.7 Å². The normalized spacial score (nSPS) is 13.8. The van der Waals surface area contributed by atoms with Gasteiger partial charge in [-0.3, -0.25) is 14.6 Å². The Kier molecular flexibility index (Phi) is 8.92. The van der Waals surface area contributed by atoms with E-state index < -0.39 is 24.5 Å². The SMILES string of the molecule is COc1ccc(C=C2Oc3cc(OCC(=O)NC(CCCN=C(N)N)C(=O)O)ccc3C2=O)c(OC)c1. The molecule has 0 saturated carbocycles. The number of nitrogens with one attached hydrogen (secondary N) is 1. The second kappa shape index (κ2) is 12.3. The number of carbonyl (C=O) groups is 3. The molecule has 2 aromatic rings. The highest BCUT2D eigenvalue weighted by molar-refractivity contribution is 6.14. The van der Waals surface area contributed by atoms with E-state index in [1.165, 1.54) is 32.4 Å². The number of carboxylic acids is 1. The largest absolute Gasteiger partial charge is 0.497 e. The fourth-order valence-electron chi connectivity index (χ4n) is 3.48. The van der Waals surface area contributed by atoms with Gasteiger partial charge in [0.1, 0.15) is 29.0 Å². The van der Waals surface area contributed by atoms with Gasteiger partial charge in [0.2, 0.25) is 5.78 Å². The van der Waals surface area contributed by atoms with E-state index in [9.17, 15) is 19.5 Å². The summed E-state index contributed by atoms with van der Waals surface area (Å²) >= 11 is 0. The summed E-state index contributed by atoms with van der Waals surface area (Å²) in [6, 6.07) is 8.58. The van der Waals surface area contributed by atoms with Crippen molar-refractivity contribution in [2.75, 3.05) is 27.4 Å². The van der Waals surface area contributed by atoms with Gasteiger partial charge in [-0.05, 0) is 43.2 Å². The highest BCUT2D eigenvalue weighted by Crippen LogP contribution is 2.36. The molecule has 12 heteroatoms. The molecule has 37 heavy (non-hydrogen) atoms. The molecule has 0 radical (unpaired) electrons. The summed E-state index contributed by atoms with van der Waals surface area (Å²) in [7, 11) is 3.05. The van der Waals surface area contributed by atoms with Crippen LogP contribution in [0.15, 0.2) is 47.1 Å². The Morgan fingerprint density at radius 3 is 2.57 bits per heavy atom. The van der Waals surface area contributed by atoms with E-state index in [1.54, 1.807) is 24.3 Å². The van der Waals surface area contributed by atoms with E-state index in [2.05, 4.69) is 10.3 Å². The lowest BCUT2D eigenvalue weighted by Crippen LogP contribution is -2.43. The Hall–Kier alpha value is -4.74. The Balaban J connectivity index is 1.61. The maximum absolute atomic E-state index is 12.8. The van der Waals surface area contributed by atoms with Gasteiger partial charge in [-0.1, -0.05) is 0 Å². The molecule has 1 heterocycles. The van der Waals surface area contributed by atoms with Crippen molar-refractivity contribution >= 4 is 29.7 Å². The van der Waals surface area contributed by atoms with Crippen molar-refractivity contribution in [3.63, 3.8) is 0 Å². The number of rotatable bonds is 12. The predicted octanol–water partition coefficient (Wildman–Crippen LogP) is 1.32. The zero-order valence-corrected chi connectivity index (χ0v) is 20.4. The minimum atomic E-state index is -1.18. The Labute approximate surface area is 212 Å². The molecule has 0 spiro atoms. The summed E-state index contributed by atoms with van der Waals surface area (Å²) in [5.41, 5.74) is 11.4. The minimum absolute atomic E-state index is 0.0904. The van der Waals surface area contributed by atoms with Gasteiger partial charge in [-0.25, -0.2) is 4.79 Å². The standard InChI is InChI=1S/C25H28N4O8/c1-34-15-6-5-14(19(11-15)35-2)10-21-23(31)17-8-7-16(12-20(17)37-21)36-13-22(30)29-18(24(32)33)4-3-9-28-25(26)27/h5-8,10-12,18H,3-4,9,13H2,1-2H3,(H,29,30)(H,32,33)(H4,26,27,28). The average molecular weight is 513 g/mol. The Morgan fingerprint density at radius 1 is 1.14 bits per heavy atom. The van der Waals surface area contributed by atoms with Gasteiger partial charge in [-0.15, -0.1) is 0 Å². The summed E-state index contributed by atoms with van der Waals surface area (Å²) in [4.78, 5) is 40.2. The number of hydrogen-bond acceptors (Lipinski definition) is 8. The number of allylic oxidation sites excluding steroid dienone is 1. The second-order valence-corrected chi connectivity index (χ2v) is 7.90. The number of aliphatic carboxylic acids is 1. The molecule has 12 nitrogen and oxygen atoms in total. The number of ketones is 1. The third-order valence-corrected chi connectivity index (χ3v) is 5.32. The van der Waals surface area contributed by atoms with Crippen LogP contribution in [0.2, 0.25) is 0 Å². The molecule has 2 aromatic carbocycles. The number of aliphatic imine (C=N–C) groups is 1. The summed E-state index contributed by atoms with van der Waals surface area (Å²) < 4.78 is 21.8. The number of Topliss-reactive ketones (excluding diaryl/α,β-unsaturated/α-hetero) is 1. The molecule has 0 fully saturated rings. The first kappa shape index (κ1) is 26.9. The van der Waals surface area contributed by atoms with E-state index >= 15 is 0 Å². The summed E-state index contributed by atoms with van der Waals surface area (Å²) in [5, 5.41) is 11.7. The highest BCUT2D eigenvalue weighted by Gasteiger charge is 2.28. The quantitative estimate of drug-likeness (QED) is 0.140. The van der Waals surface area contributed by atoms with Crippen molar-refractivity contribution < 1.29 is 38.4 Å². The molecule has 0 saturated heterocycles. The van der Waals surface area contributed by atoms with E-state index in [4.69, 9.17) is 30.4 Å². The molecular formula is C25H28N4O8. The number of fused-ring (bicyclic) bond motifs is 1. The molecule has 0 bridgehead atoms. The first-order chi connectivity index (χ1) is 17.7. The summed E-state index contributed by atoms with van der Waals surface area (Å²) in [6.07, 6.45) is 2.07. The minimum Gasteiger partial charge on any atom is -0.497 e. The van der Waals surface area contributed by atoms with Crippen molar-refractivity contribution in [2.45, 2.75) is 18.9 Å². The predicted molar refractivity (Wildman–Crippen MR) is 134 cm³/mol. The number of benzene rings is 2. The zero-order valence-electron chi connectivity index (χ0n) is 20.4. The second-order valence-electron chi connectivity index (χ2n) is 7.90. The van der Waals surface area contributed by atoms with Crippen LogP contribution >= 0.6 is 0 Å². The lowest BCUT2D eigenvalue weighted by molar-refractivity contribution is -0.142. The van der Waals surface area contributed by atoms with Crippen LogP contribution in [0.3, 0.4) is 0 Å². The van der Waals surface area contributed by atoms with Gasteiger partial charge < -0.3 is 40.8 Å². The zero-order chi connectivity index (χ0) is 26.9. The molecule has 1 atom stereocenters. The number of carbonyl (C=O) groups excluding carboxylic acids is 2. The molecule has 1 aliphatic heterocycles. The molecule has 3 rings (SSSR count). The van der Waals surface area contributed by atoms with Gasteiger partial charge in [-0.2, -0.15) is 0 Å². The van der Waals surface area contributed by atoms with E-state index in [0.29, 0.717) is 29.0 Å². The van der Waals surface area contributed by atoms with Gasteiger partial charge in [0.05, 0.1) is 19.8 Å². The van der Waals surface area contributed by atoms with E-state index in [1.807, 2.05) is 0 Å². The van der Waals surface area contributed by atoms with Crippen molar-refractivity contribution in [1.29, 1.82) is 0 Å². The topological polar surface area (TPSA) is 185 Å². The molecular weight excluding hydrogens is 484 g/mol. The van der Waals surface area contributed by atoms with Crippen LogP contribution in [0.1, 0.15) is 28.8 Å². The summed E-state index contributed by atoms with van der Waals surface area (Å²) in [6.45, 7) is -0.190. The van der Waals surface area contributed by atoms with Crippen LogP contribution in [-0.4, -0.2) is 62.1 Å².